The normalized spacial score (nSPS) is 11.3. The van der Waals surface area contributed by atoms with Crippen molar-refractivity contribution < 1.29 is 4.79 Å². The van der Waals surface area contributed by atoms with E-state index in [4.69, 9.17) is 0 Å². The number of amides is 1. The number of carbonyl (C=O) groups is 1. The van der Waals surface area contributed by atoms with Gasteiger partial charge in [-0.15, -0.1) is 0 Å². The lowest BCUT2D eigenvalue weighted by Gasteiger charge is -1.98. The number of H-pyrrole nitrogens is 1. The van der Waals surface area contributed by atoms with Crippen molar-refractivity contribution in [2.75, 3.05) is 6.54 Å². The molecule has 0 aliphatic heterocycles. The molecule has 0 radical (unpaired) electrons. The van der Waals surface area contributed by atoms with Gasteiger partial charge in [-0.1, -0.05) is 18.2 Å². The molecule has 1 rings (SSSR count). The van der Waals surface area contributed by atoms with Crippen molar-refractivity contribution in [2.45, 2.75) is 13.3 Å². The molecular weight excluding hydrogens is 190 g/mol. The molecule has 0 aliphatic rings. The molecule has 0 unspecified atom stereocenters. The molecule has 2 N–H and O–H groups in total. The molecule has 0 saturated carbocycles. The van der Waals surface area contributed by atoms with Crippen molar-refractivity contribution in [3.8, 4) is 0 Å². The molecule has 0 atom stereocenters. The van der Waals surface area contributed by atoms with Crippen LogP contribution in [0.3, 0.4) is 0 Å². The Morgan fingerprint density at radius 2 is 2.47 bits per heavy atom. The van der Waals surface area contributed by atoms with Crippen molar-refractivity contribution in [1.29, 1.82) is 0 Å². The highest BCUT2D eigenvalue weighted by molar-refractivity contribution is 5.87. The molecule has 0 bridgehead atoms. The average Bonchev–Trinajstić information content (AvgIpc) is 2.71. The Morgan fingerprint density at radius 3 is 3.13 bits per heavy atom. The fourth-order valence-electron chi connectivity index (χ4n) is 1.05. The molecule has 0 saturated heterocycles. The van der Waals surface area contributed by atoms with Gasteiger partial charge in [-0.3, -0.25) is 4.79 Å². The van der Waals surface area contributed by atoms with E-state index in [0.717, 1.165) is 12.2 Å². The highest BCUT2D eigenvalue weighted by atomic mass is 16.1. The van der Waals surface area contributed by atoms with E-state index in [0.29, 0.717) is 6.54 Å². The summed E-state index contributed by atoms with van der Waals surface area (Å²) in [6.07, 6.45) is 11.1. The van der Waals surface area contributed by atoms with Gasteiger partial charge in [0.1, 0.15) is 5.82 Å². The van der Waals surface area contributed by atoms with Crippen molar-refractivity contribution >= 4 is 5.91 Å². The number of aromatic amines is 1. The maximum absolute atomic E-state index is 11.2. The number of allylic oxidation sites excluding steroid dienone is 3. The summed E-state index contributed by atoms with van der Waals surface area (Å²) >= 11 is 0. The van der Waals surface area contributed by atoms with Gasteiger partial charge in [-0.25, -0.2) is 4.98 Å². The van der Waals surface area contributed by atoms with E-state index in [-0.39, 0.29) is 5.91 Å². The number of nitrogens with one attached hydrogen (secondary N) is 2. The largest absolute Gasteiger partial charge is 0.352 e. The maximum Gasteiger partial charge on any atom is 0.243 e. The fourth-order valence-corrected chi connectivity index (χ4v) is 1.05. The van der Waals surface area contributed by atoms with Crippen LogP contribution in [0.2, 0.25) is 0 Å². The van der Waals surface area contributed by atoms with Crippen molar-refractivity contribution in [2.24, 2.45) is 0 Å². The number of hydrogen-bond acceptors (Lipinski definition) is 2. The predicted molar refractivity (Wildman–Crippen MR) is 59.3 cm³/mol. The summed E-state index contributed by atoms with van der Waals surface area (Å²) < 4.78 is 0. The Labute approximate surface area is 89.1 Å². The van der Waals surface area contributed by atoms with Gasteiger partial charge in [0.2, 0.25) is 5.91 Å². The molecule has 0 fully saturated rings. The van der Waals surface area contributed by atoms with Gasteiger partial charge in [-0.2, -0.15) is 0 Å². The first-order chi connectivity index (χ1) is 7.33. The number of carbonyl (C=O) groups excluding carboxylic acids is 1. The highest BCUT2D eigenvalue weighted by Gasteiger charge is 1.96. The summed E-state index contributed by atoms with van der Waals surface area (Å²) in [6.45, 7) is 2.49. The van der Waals surface area contributed by atoms with Crippen LogP contribution in [0, 0.1) is 0 Å². The Balaban J connectivity index is 2.17. The van der Waals surface area contributed by atoms with Gasteiger partial charge >= 0.3 is 0 Å². The Bertz CT molecular complexity index is 339. The summed E-state index contributed by atoms with van der Waals surface area (Å²) in [7, 11) is 0. The first kappa shape index (κ1) is 11.2. The highest BCUT2D eigenvalue weighted by Crippen LogP contribution is 1.88. The number of imidazole rings is 1. The summed E-state index contributed by atoms with van der Waals surface area (Å²) in [5.74, 6) is 0.799. The Hall–Kier alpha value is -1.84. The molecular formula is C11H15N3O. The zero-order chi connectivity index (χ0) is 10.9. The zero-order valence-electron chi connectivity index (χ0n) is 8.73. The molecule has 1 heterocycles. The van der Waals surface area contributed by atoms with Crippen LogP contribution in [0.15, 0.2) is 36.7 Å². The molecule has 0 spiro atoms. The first-order valence-electron chi connectivity index (χ1n) is 4.88. The summed E-state index contributed by atoms with van der Waals surface area (Å²) in [6, 6.07) is 0. The van der Waals surface area contributed by atoms with Crippen LogP contribution in [0.1, 0.15) is 12.7 Å². The van der Waals surface area contributed by atoms with E-state index in [1.807, 2.05) is 19.1 Å². The van der Waals surface area contributed by atoms with Crippen LogP contribution >= 0.6 is 0 Å². The van der Waals surface area contributed by atoms with Gasteiger partial charge in [0.15, 0.2) is 0 Å². The minimum absolute atomic E-state index is 0.0837. The lowest BCUT2D eigenvalue weighted by Crippen LogP contribution is -2.23. The molecule has 0 aliphatic carbocycles. The molecule has 15 heavy (non-hydrogen) atoms. The van der Waals surface area contributed by atoms with E-state index in [1.54, 1.807) is 18.5 Å². The number of nitrogens with zero attached hydrogens (tertiary/aromatic N) is 1. The van der Waals surface area contributed by atoms with Gasteiger partial charge in [0, 0.05) is 31.4 Å². The molecule has 1 aromatic heterocycles. The van der Waals surface area contributed by atoms with Crippen LogP contribution in [-0.2, 0) is 11.2 Å². The van der Waals surface area contributed by atoms with E-state index >= 15 is 0 Å². The minimum atomic E-state index is -0.0837. The number of hydrogen-bond donors (Lipinski definition) is 2. The lowest BCUT2D eigenvalue weighted by atomic mass is 10.4. The summed E-state index contributed by atoms with van der Waals surface area (Å²) in [5, 5.41) is 2.76. The molecule has 1 amide bonds. The predicted octanol–water partition coefficient (Wildman–Crippen LogP) is 1.20. The van der Waals surface area contributed by atoms with Crippen LogP contribution < -0.4 is 5.32 Å². The third-order valence-corrected chi connectivity index (χ3v) is 1.77. The number of aromatic nitrogens is 2. The summed E-state index contributed by atoms with van der Waals surface area (Å²) in [5.41, 5.74) is 0. The van der Waals surface area contributed by atoms with E-state index in [1.165, 1.54) is 6.08 Å². The van der Waals surface area contributed by atoms with Gasteiger partial charge in [0.05, 0.1) is 0 Å². The van der Waals surface area contributed by atoms with Crippen LogP contribution in [0.25, 0.3) is 0 Å². The fraction of sp³-hybridized carbons (Fsp3) is 0.273. The number of rotatable bonds is 5. The van der Waals surface area contributed by atoms with E-state index in [2.05, 4.69) is 15.3 Å². The topological polar surface area (TPSA) is 57.8 Å². The SMILES string of the molecule is CC=CC=CC(=O)NCCc1ncc[nH]1. The molecule has 4 heteroatoms. The Kier molecular flexibility index (Phi) is 4.94. The lowest BCUT2D eigenvalue weighted by molar-refractivity contribution is -0.116. The van der Waals surface area contributed by atoms with Gasteiger partial charge < -0.3 is 10.3 Å². The molecule has 0 aromatic carbocycles. The van der Waals surface area contributed by atoms with Crippen LogP contribution in [-0.4, -0.2) is 22.4 Å². The second-order valence-electron chi connectivity index (χ2n) is 2.96. The summed E-state index contributed by atoms with van der Waals surface area (Å²) in [4.78, 5) is 18.2. The molecule has 1 aromatic rings. The van der Waals surface area contributed by atoms with Crippen molar-refractivity contribution in [3.63, 3.8) is 0 Å². The van der Waals surface area contributed by atoms with Gasteiger partial charge in [-0.05, 0) is 6.92 Å². The minimum Gasteiger partial charge on any atom is -0.352 e. The van der Waals surface area contributed by atoms with E-state index in [9.17, 15) is 4.79 Å². The molecule has 80 valence electrons. The van der Waals surface area contributed by atoms with Gasteiger partial charge in [0.25, 0.3) is 0 Å². The zero-order valence-corrected chi connectivity index (χ0v) is 8.73. The maximum atomic E-state index is 11.2. The third-order valence-electron chi connectivity index (χ3n) is 1.77. The monoisotopic (exact) mass is 205 g/mol. The Morgan fingerprint density at radius 1 is 1.60 bits per heavy atom. The van der Waals surface area contributed by atoms with E-state index < -0.39 is 0 Å². The standard InChI is InChI=1S/C11H15N3O/c1-2-3-4-5-11(15)14-7-6-10-12-8-9-13-10/h2-5,8-9H,6-7H2,1H3,(H,12,13)(H,14,15). The quantitative estimate of drug-likeness (QED) is 0.560. The second kappa shape index (κ2) is 6.59. The third kappa shape index (κ3) is 4.81. The van der Waals surface area contributed by atoms with Crippen LogP contribution in [0.4, 0.5) is 0 Å². The second-order valence-corrected chi connectivity index (χ2v) is 2.96. The van der Waals surface area contributed by atoms with Crippen molar-refractivity contribution in [1.82, 2.24) is 15.3 Å². The van der Waals surface area contributed by atoms with Crippen LogP contribution in [0.5, 0.6) is 0 Å². The smallest absolute Gasteiger partial charge is 0.243 e. The average molecular weight is 205 g/mol. The molecule has 4 nitrogen and oxygen atoms in total. The van der Waals surface area contributed by atoms with Crippen molar-refractivity contribution in [3.05, 3.63) is 42.5 Å². The first-order valence-corrected chi connectivity index (χ1v) is 4.88.